The van der Waals surface area contributed by atoms with Crippen LogP contribution in [0.1, 0.15) is 62.5 Å². The molecule has 3 fully saturated rings. The van der Waals surface area contributed by atoms with Crippen molar-refractivity contribution in [3.05, 3.63) is 35.4 Å². The van der Waals surface area contributed by atoms with E-state index < -0.39 is 0 Å². The summed E-state index contributed by atoms with van der Waals surface area (Å²) >= 11 is 0. The summed E-state index contributed by atoms with van der Waals surface area (Å²) in [6, 6.07) is 9.68. The summed E-state index contributed by atoms with van der Waals surface area (Å²) in [5, 5.41) is 10.1. The molecule has 0 radical (unpaired) electrons. The molecule has 1 saturated carbocycles. The lowest BCUT2D eigenvalue weighted by Crippen LogP contribution is -2.67. The van der Waals surface area contributed by atoms with Gasteiger partial charge in [-0.15, -0.1) is 0 Å². The van der Waals surface area contributed by atoms with Crippen LogP contribution in [-0.2, 0) is 0 Å². The molecule has 1 aromatic carbocycles. The highest BCUT2D eigenvalue weighted by molar-refractivity contribution is 5.39. The lowest BCUT2D eigenvalue weighted by molar-refractivity contribution is -0.0649. The third kappa shape index (κ3) is 4.40. The van der Waals surface area contributed by atoms with Gasteiger partial charge in [0, 0.05) is 43.1 Å². The number of nitrogens with zero attached hydrogens (tertiary/aromatic N) is 2. The van der Waals surface area contributed by atoms with Crippen LogP contribution in [0.15, 0.2) is 24.3 Å². The minimum atomic E-state index is 0.266. The second-order valence-corrected chi connectivity index (χ2v) is 8.66. The van der Waals surface area contributed by atoms with Gasteiger partial charge in [-0.3, -0.25) is 4.90 Å². The van der Waals surface area contributed by atoms with E-state index in [1.54, 1.807) is 0 Å². The first-order valence-electron chi connectivity index (χ1n) is 11.0. The SMILES string of the molecule is CCCC#Cc1ccc([C@@H]2[C@H]3CN(CC4CC4)CCCCN3[C@H]2CO)cc1. The Bertz CT molecular complexity index is 670. The Labute approximate surface area is 164 Å². The molecule has 146 valence electrons. The van der Waals surface area contributed by atoms with Gasteiger partial charge in [0.1, 0.15) is 0 Å². The summed E-state index contributed by atoms with van der Waals surface area (Å²) in [5.41, 5.74) is 2.49. The molecule has 0 amide bonds. The predicted molar refractivity (Wildman–Crippen MR) is 111 cm³/mol. The maximum Gasteiger partial charge on any atom is 0.0593 e. The van der Waals surface area contributed by atoms with Crippen molar-refractivity contribution in [2.75, 3.05) is 32.8 Å². The van der Waals surface area contributed by atoms with Crippen molar-refractivity contribution in [1.82, 2.24) is 9.80 Å². The van der Waals surface area contributed by atoms with Crippen LogP contribution < -0.4 is 0 Å². The number of hydrogen-bond donors (Lipinski definition) is 1. The van der Waals surface area contributed by atoms with E-state index in [1.165, 1.54) is 44.3 Å². The Morgan fingerprint density at radius 3 is 2.59 bits per heavy atom. The maximum atomic E-state index is 10.1. The number of rotatable bonds is 5. The zero-order chi connectivity index (χ0) is 18.6. The van der Waals surface area contributed by atoms with E-state index in [0.717, 1.165) is 37.4 Å². The number of benzene rings is 1. The van der Waals surface area contributed by atoms with E-state index in [2.05, 4.69) is 52.8 Å². The first-order valence-corrected chi connectivity index (χ1v) is 11.0. The van der Waals surface area contributed by atoms with Gasteiger partial charge in [-0.05, 0) is 68.8 Å². The first-order chi connectivity index (χ1) is 13.3. The lowest BCUT2D eigenvalue weighted by Gasteiger charge is -2.57. The van der Waals surface area contributed by atoms with Gasteiger partial charge in [-0.25, -0.2) is 0 Å². The normalized spacial score (nSPS) is 29.0. The van der Waals surface area contributed by atoms with Crippen LogP contribution in [0.4, 0.5) is 0 Å². The smallest absolute Gasteiger partial charge is 0.0593 e. The highest BCUT2D eigenvalue weighted by Crippen LogP contribution is 2.42. The fourth-order valence-electron chi connectivity index (χ4n) is 4.92. The van der Waals surface area contributed by atoms with E-state index >= 15 is 0 Å². The minimum Gasteiger partial charge on any atom is -0.395 e. The van der Waals surface area contributed by atoms with E-state index in [-0.39, 0.29) is 12.6 Å². The Morgan fingerprint density at radius 1 is 1.11 bits per heavy atom. The Balaban J connectivity index is 1.48. The quantitative estimate of drug-likeness (QED) is 0.809. The molecule has 3 nitrogen and oxygen atoms in total. The van der Waals surface area contributed by atoms with Gasteiger partial charge in [0.15, 0.2) is 0 Å². The second-order valence-electron chi connectivity index (χ2n) is 8.66. The molecule has 3 heteroatoms. The van der Waals surface area contributed by atoms with E-state index in [9.17, 15) is 5.11 Å². The number of fused-ring (bicyclic) bond motifs is 1. The molecule has 3 atom stereocenters. The molecule has 1 aromatic rings. The van der Waals surface area contributed by atoms with Crippen LogP contribution in [0, 0.1) is 17.8 Å². The van der Waals surface area contributed by atoms with Gasteiger partial charge >= 0.3 is 0 Å². The molecule has 1 N–H and O–H groups in total. The average Bonchev–Trinajstić information content (AvgIpc) is 3.48. The zero-order valence-electron chi connectivity index (χ0n) is 16.7. The van der Waals surface area contributed by atoms with Gasteiger partial charge in [0.25, 0.3) is 0 Å². The number of aliphatic hydroxyl groups is 1. The summed E-state index contributed by atoms with van der Waals surface area (Å²) in [4.78, 5) is 5.29. The molecule has 4 rings (SSSR count). The van der Waals surface area contributed by atoms with Crippen molar-refractivity contribution in [2.45, 2.75) is 63.5 Å². The third-order valence-electron chi connectivity index (χ3n) is 6.57. The predicted octanol–water partition coefficient (Wildman–Crippen LogP) is 3.47. The van der Waals surface area contributed by atoms with Crippen molar-refractivity contribution in [3.63, 3.8) is 0 Å². The standard InChI is InChI=1S/C24H34N2O/c1-2-3-4-7-19-10-12-21(13-11-19)24-22-17-25(16-20-8-9-20)14-5-6-15-26(22)23(24)18-27/h10-13,20,22-24,27H,2-3,5-6,8-9,14-18H2,1H3/t22-,23+,24-/m1/s1. The third-order valence-corrected chi connectivity index (χ3v) is 6.57. The highest BCUT2D eigenvalue weighted by atomic mass is 16.3. The molecule has 1 aliphatic carbocycles. The molecular weight excluding hydrogens is 332 g/mol. The number of hydrogen-bond acceptors (Lipinski definition) is 3. The monoisotopic (exact) mass is 366 g/mol. The minimum absolute atomic E-state index is 0.266. The summed E-state index contributed by atoms with van der Waals surface area (Å²) in [5.74, 6) is 7.90. The van der Waals surface area contributed by atoms with Gasteiger partial charge in [-0.1, -0.05) is 30.9 Å². The Morgan fingerprint density at radius 2 is 1.89 bits per heavy atom. The van der Waals surface area contributed by atoms with E-state index in [4.69, 9.17) is 0 Å². The van der Waals surface area contributed by atoms with Crippen LogP contribution in [0.5, 0.6) is 0 Å². The molecule has 0 bridgehead atoms. The van der Waals surface area contributed by atoms with Gasteiger partial charge < -0.3 is 10.0 Å². The topological polar surface area (TPSA) is 26.7 Å². The Kier molecular flexibility index (Phi) is 6.18. The van der Waals surface area contributed by atoms with Crippen molar-refractivity contribution >= 4 is 0 Å². The summed E-state index contributed by atoms with van der Waals surface area (Å²) < 4.78 is 0. The molecule has 0 unspecified atom stereocenters. The van der Waals surface area contributed by atoms with Gasteiger partial charge in [-0.2, -0.15) is 0 Å². The summed E-state index contributed by atoms with van der Waals surface area (Å²) in [7, 11) is 0. The largest absolute Gasteiger partial charge is 0.395 e. The van der Waals surface area contributed by atoms with Crippen molar-refractivity contribution in [1.29, 1.82) is 0 Å². The van der Waals surface area contributed by atoms with Crippen LogP contribution in [0.2, 0.25) is 0 Å². The van der Waals surface area contributed by atoms with Crippen molar-refractivity contribution < 1.29 is 5.11 Å². The van der Waals surface area contributed by atoms with Crippen LogP contribution in [0.3, 0.4) is 0 Å². The highest BCUT2D eigenvalue weighted by Gasteiger charge is 2.49. The fourth-order valence-corrected chi connectivity index (χ4v) is 4.92. The molecule has 27 heavy (non-hydrogen) atoms. The molecule has 3 aliphatic rings. The Hall–Kier alpha value is -1.34. The molecule has 0 aromatic heterocycles. The van der Waals surface area contributed by atoms with E-state index in [1.807, 2.05) is 0 Å². The second kappa shape index (κ2) is 8.78. The molecule has 2 aliphatic heterocycles. The van der Waals surface area contributed by atoms with Crippen LogP contribution in [0.25, 0.3) is 0 Å². The average molecular weight is 367 g/mol. The molecule has 2 heterocycles. The van der Waals surface area contributed by atoms with Crippen LogP contribution >= 0.6 is 0 Å². The van der Waals surface area contributed by atoms with Gasteiger partial charge in [0.2, 0.25) is 0 Å². The van der Waals surface area contributed by atoms with Crippen LogP contribution in [-0.4, -0.2) is 59.8 Å². The van der Waals surface area contributed by atoms with Crippen molar-refractivity contribution in [3.8, 4) is 11.8 Å². The molecule has 2 saturated heterocycles. The molecular formula is C24H34N2O. The van der Waals surface area contributed by atoms with Crippen molar-refractivity contribution in [2.24, 2.45) is 5.92 Å². The fraction of sp³-hybridized carbons (Fsp3) is 0.667. The number of unbranched alkanes of at least 4 members (excludes halogenated alkanes) is 1. The maximum absolute atomic E-state index is 10.1. The number of aliphatic hydroxyl groups excluding tert-OH is 1. The summed E-state index contributed by atoms with van der Waals surface area (Å²) in [6.07, 6.45) is 7.48. The lowest BCUT2D eigenvalue weighted by atomic mass is 9.74. The van der Waals surface area contributed by atoms with E-state index in [0.29, 0.717) is 12.0 Å². The summed E-state index contributed by atoms with van der Waals surface area (Å²) in [6.45, 7) is 7.27. The van der Waals surface area contributed by atoms with Gasteiger partial charge in [0.05, 0.1) is 6.61 Å². The first kappa shape index (κ1) is 19.0. The zero-order valence-corrected chi connectivity index (χ0v) is 16.7. The molecule has 0 spiro atoms.